The topological polar surface area (TPSA) is 111 Å². The summed E-state index contributed by atoms with van der Waals surface area (Å²) in [6, 6.07) is 12.4. The molecule has 0 radical (unpaired) electrons. The third kappa shape index (κ3) is 7.21. The van der Waals surface area contributed by atoms with Gasteiger partial charge < -0.3 is 19.5 Å². The van der Waals surface area contributed by atoms with Crippen molar-refractivity contribution < 1.29 is 33.4 Å². The van der Waals surface area contributed by atoms with E-state index in [-0.39, 0.29) is 24.0 Å². The maximum absolute atomic E-state index is 12.7. The Balaban J connectivity index is 1.75. The number of ether oxygens (including phenoxy) is 3. The fraction of sp³-hybridized carbons (Fsp3) is 0.250. The van der Waals surface area contributed by atoms with Crippen molar-refractivity contribution in [1.29, 1.82) is 0 Å². The van der Waals surface area contributed by atoms with E-state index in [1.165, 1.54) is 0 Å². The number of para-hydroxylation sites is 1. The van der Waals surface area contributed by atoms with Gasteiger partial charge in [0.05, 0.1) is 21.7 Å². The van der Waals surface area contributed by atoms with Gasteiger partial charge in [-0.15, -0.1) is 0 Å². The van der Waals surface area contributed by atoms with Crippen LogP contribution in [0.25, 0.3) is 6.08 Å². The van der Waals surface area contributed by atoms with Crippen LogP contribution >= 0.6 is 34.4 Å². The lowest BCUT2D eigenvalue weighted by Crippen LogP contribution is -2.34. The Morgan fingerprint density at radius 3 is 2.51 bits per heavy atom. The van der Waals surface area contributed by atoms with Gasteiger partial charge in [-0.05, 0) is 84.1 Å². The SMILES string of the molecule is CCOC(=O)CN1C(=O)S/C(=C\c2cc(I)c(OCC(=O)Nc3ccccc3)c(OCC)c2)C1=O. The molecule has 1 saturated heterocycles. The Morgan fingerprint density at radius 2 is 1.83 bits per heavy atom. The molecule has 0 atom stereocenters. The summed E-state index contributed by atoms with van der Waals surface area (Å²) in [5, 5.41) is 2.21. The third-order valence-corrected chi connectivity index (χ3v) is 6.21. The average Bonchev–Trinajstić information content (AvgIpc) is 3.07. The van der Waals surface area contributed by atoms with Gasteiger partial charge in [0.15, 0.2) is 18.1 Å². The molecule has 1 fully saturated rings. The first-order valence-electron chi connectivity index (χ1n) is 10.7. The van der Waals surface area contributed by atoms with Crippen molar-refractivity contribution in [3.63, 3.8) is 0 Å². The largest absolute Gasteiger partial charge is 0.490 e. The molecule has 1 heterocycles. The zero-order valence-corrected chi connectivity index (χ0v) is 22.0. The number of rotatable bonds is 10. The van der Waals surface area contributed by atoms with Crippen molar-refractivity contribution in [3.8, 4) is 11.5 Å². The van der Waals surface area contributed by atoms with Gasteiger partial charge in [0.25, 0.3) is 17.1 Å². The number of nitrogens with one attached hydrogen (secondary N) is 1. The summed E-state index contributed by atoms with van der Waals surface area (Å²) in [6.45, 7) is 3.30. The molecule has 0 aromatic heterocycles. The van der Waals surface area contributed by atoms with E-state index in [0.29, 0.717) is 32.9 Å². The van der Waals surface area contributed by atoms with Crippen LogP contribution in [0, 0.1) is 3.57 Å². The van der Waals surface area contributed by atoms with Gasteiger partial charge in [-0.25, -0.2) is 0 Å². The van der Waals surface area contributed by atoms with Gasteiger partial charge in [0.2, 0.25) is 0 Å². The molecule has 2 aromatic carbocycles. The Labute approximate surface area is 220 Å². The number of halogens is 1. The van der Waals surface area contributed by atoms with Gasteiger partial charge in [-0.2, -0.15) is 0 Å². The second-order valence-corrected chi connectivity index (χ2v) is 9.19. The minimum atomic E-state index is -0.651. The number of esters is 1. The van der Waals surface area contributed by atoms with Crippen LogP contribution in [0.4, 0.5) is 10.5 Å². The number of benzene rings is 2. The lowest BCUT2D eigenvalue weighted by molar-refractivity contribution is -0.146. The lowest BCUT2D eigenvalue weighted by Gasteiger charge is -2.15. The number of amides is 3. The number of hydrogen-bond acceptors (Lipinski definition) is 8. The number of anilines is 1. The first kappa shape index (κ1) is 26.5. The van der Waals surface area contributed by atoms with E-state index in [1.54, 1.807) is 37.3 Å². The van der Waals surface area contributed by atoms with Crippen molar-refractivity contribution in [2.45, 2.75) is 13.8 Å². The number of carbonyl (C=O) groups excluding carboxylic acids is 4. The van der Waals surface area contributed by atoms with Crippen LogP contribution in [-0.2, 0) is 19.1 Å². The second kappa shape index (κ2) is 12.6. The van der Waals surface area contributed by atoms with Gasteiger partial charge >= 0.3 is 5.97 Å². The fourth-order valence-electron chi connectivity index (χ4n) is 3.05. The van der Waals surface area contributed by atoms with Crippen LogP contribution in [0.5, 0.6) is 11.5 Å². The summed E-state index contributed by atoms with van der Waals surface area (Å²) in [4.78, 5) is 49.9. The molecule has 1 aliphatic rings. The molecule has 35 heavy (non-hydrogen) atoms. The first-order valence-corrected chi connectivity index (χ1v) is 12.6. The maximum atomic E-state index is 12.7. The average molecular weight is 610 g/mol. The summed E-state index contributed by atoms with van der Waals surface area (Å²) in [7, 11) is 0. The van der Waals surface area contributed by atoms with E-state index in [0.717, 1.165) is 16.7 Å². The minimum absolute atomic E-state index is 0.159. The zero-order valence-electron chi connectivity index (χ0n) is 19.0. The quantitative estimate of drug-likeness (QED) is 0.241. The molecule has 0 bridgehead atoms. The first-order chi connectivity index (χ1) is 16.8. The smallest absolute Gasteiger partial charge is 0.326 e. The van der Waals surface area contributed by atoms with Crippen molar-refractivity contribution in [2.24, 2.45) is 0 Å². The molecule has 1 aliphatic heterocycles. The zero-order chi connectivity index (χ0) is 25.4. The van der Waals surface area contributed by atoms with E-state index in [1.807, 2.05) is 25.1 Å². The molecule has 0 aliphatic carbocycles. The Kier molecular flexibility index (Phi) is 9.55. The minimum Gasteiger partial charge on any atom is -0.490 e. The molecule has 0 spiro atoms. The lowest BCUT2D eigenvalue weighted by atomic mass is 10.2. The highest BCUT2D eigenvalue weighted by Crippen LogP contribution is 2.37. The highest BCUT2D eigenvalue weighted by Gasteiger charge is 2.36. The van der Waals surface area contributed by atoms with Crippen LogP contribution in [0.3, 0.4) is 0 Å². The van der Waals surface area contributed by atoms with Crippen molar-refractivity contribution in [3.05, 3.63) is 56.5 Å². The molecular weight excluding hydrogens is 587 g/mol. The standard InChI is InChI=1S/C24H23IN2O7S/c1-3-32-18-11-15(12-19-23(30)27(24(31)35-19)13-21(29)33-4-2)10-17(25)22(18)34-14-20(28)26-16-8-6-5-7-9-16/h5-12H,3-4,13-14H2,1-2H3,(H,26,28)/b19-12-. The molecule has 2 aromatic rings. The number of carbonyl (C=O) groups is 4. The monoisotopic (exact) mass is 610 g/mol. The number of hydrogen-bond donors (Lipinski definition) is 1. The van der Waals surface area contributed by atoms with Gasteiger partial charge in [-0.1, -0.05) is 18.2 Å². The molecule has 1 N–H and O–H groups in total. The van der Waals surface area contributed by atoms with Gasteiger partial charge in [0, 0.05) is 5.69 Å². The summed E-state index contributed by atoms with van der Waals surface area (Å²) in [6.07, 6.45) is 1.55. The Morgan fingerprint density at radius 1 is 1.09 bits per heavy atom. The summed E-state index contributed by atoms with van der Waals surface area (Å²) in [5.41, 5.74) is 1.26. The van der Waals surface area contributed by atoms with E-state index in [2.05, 4.69) is 27.9 Å². The summed E-state index contributed by atoms with van der Waals surface area (Å²) < 4.78 is 16.9. The molecule has 0 unspecified atom stereocenters. The number of thioether (sulfide) groups is 1. The van der Waals surface area contributed by atoms with Crippen LogP contribution in [0.15, 0.2) is 47.4 Å². The highest BCUT2D eigenvalue weighted by atomic mass is 127. The molecule has 0 saturated carbocycles. The Bertz CT molecular complexity index is 1150. The number of nitrogens with zero attached hydrogens (tertiary/aromatic N) is 1. The van der Waals surface area contributed by atoms with Crippen molar-refractivity contribution in [1.82, 2.24) is 4.90 Å². The summed E-state index contributed by atoms with van der Waals surface area (Å²) in [5.74, 6) is -0.762. The van der Waals surface area contributed by atoms with Crippen LogP contribution in [0.1, 0.15) is 19.4 Å². The van der Waals surface area contributed by atoms with Crippen molar-refractivity contribution >= 4 is 69.1 Å². The molecule has 3 rings (SSSR count). The maximum Gasteiger partial charge on any atom is 0.326 e. The van der Waals surface area contributed by atoms with E-state index >= 15 is 0 Å². The van der Waals surface area contributed by atoms with E-state index in [9.17, 15) is 19.2 Å². The molecule has 11 heteroatoms. The molecule has 3 amide bonds. The highest BCUT2D eigenvalue weighted by molar-refractivity contribution is 14.1. The predicted octanol–water partition coefficient (Wildman–Crippen LogP) is 4.31. The molecular formula is C24H23IN2O7S. The van der Waals surface area contributed by atoms with Crippen LogP contribution < -0.4 is 14.8 Å². The number of imide groups is 1. The molecule has 184 valence electrons. The van der Waals surface area contributed by atoms with Gasteiger partial charge in [-0.3, -0.25) is 24.1 Å². The second-order valence-electron chi connectivity index (χ2n) is 7.04. The Hall–Kier alpha value is -3.06. The summed E-state index contributed by atoms with van der Waals surface area (Å²) >= 11 is 2.79. The molecule has 9 nitrogen and oxygen atoms in total. The van der Waals surface area contributed by atoms with Crippen LogP contribution in [-0.4, -0.2) is 54.3 Å². The third-order valence-electron chi connectivity index (χ3n) is 4.50. The van der Waals surface area contributed by atoms with Crippen molar-refractivity contribution in [2.75, 3.05) is 31.7 Å². The fourth-order valence-corrected chi connectivity index (χ4v) is 4.67. The van der Waals surface area contributed by atoms with Crippen LogP contribution in [0.2, 0.25) is 0 Å². The predicted molar refractivity (Wildman–Crippen MR) is 140 cm³/mol. The normalized spacial score (nSPS) is 14.3. The van der Waals surface area contributed by atoms with E-state index < -0.39 is 23.7 Å². The van der Waals surface area contributed by atoms with Gasteiger partial charge in [0.1, 0.15) is 6.54 Å². The van der Waals surface area contributed by atoms with E-state index in [4.69, 9.17) is 14.2 Å².